The summed E-state index contributed by atoms with van der Waals surface area (Å²) in [6, 6.07) is 8.53. The number of aromatic nitrogens is 2. The second-order valence-corrected chi connectivity index (χ2v) is 4.89. The van der Waals surface area contributed by atoms with Gasteiger partial charge in [0.15, 0.2) is 0 Å². The van der Waals surface area contributed by atoms with Crippen molar-refractivity contribution in [1.82, 2.24) is 9.97 Å². The molecule has 8 heteroatoms. The Morgan fingerprint density at radius 1 is 1.29 bits per heavy atom. The summed E-state index contributed by atoms with van der Waals surface area (Å²) in [4.78, 5) is 7.48. The first-order chi connectivity index (χ1) is 11.5. The molecule has 1 aromatic heterocycles. The number of nitrogens with one attached hydrogen (secondary N) is 1. The van der Waals surface area contributed by atoms with Crippen LogP contribution >= 0.6 is 0 Å². The van der Waals surface area contributed by atoms with Crippen LogP contribution in [-0.4, -0.2) is 16.6 Å². The van der Waals surface area contributed by atoms with Crippen LogP contribution in [0.15, 0.2) is 30.5 Å². The molecule has 0 radical (unpaired) electrons. The second kappa shape index (κ2) is 7.64. The van der Waals surface area contributed by atoms with Crippen molar-refractivity contribution in [2.24, 2.45) is 0 Å². The maximum atomic E-state index is 13.0. The molecular weight excluding hydrogens is 321 g/mol. The first kappa shape index (κ1) is 17.5. The smallest absolute Gasteiger partial charge is 0.423 e. The monoisotopic (exact) mass is 336 g/mol. The second-order valence-electron chi connectivity index (χ2n) is 4.89. The fourth-order valence-electron chi connectivity index (χ4n) is 1.85. The molecule has 0 spiro atoms. The quantitative estimate of drug-likeness (QED) is 0.797. The van der Waals surface area contributed by atoms with E-state index in [0.29, 0.717) is 23.9 Å². The van der Waals surface area contributed by atoms with E-state index in [-0.39, 0.29) is 12.6 Å². The molecule has 2 rings (SSSR count). The number of benzene rings is 1. The summed E-state index contributed by atoms with van der Waals surface area (Å²) in [7, 11) is 0. The van der Waals surface area contributed by atoms with E-state index in [1.165, 1.54) is 0 Å². The van der Waals surface area contributed by atoms with Crippen LogP contribution in [0.5, 0.6) is 5.88 Å². The van der Waals surface area contributed by atoms with Crippen LogP contribution in [0.3, 0.4) is 0 Å². The van der Waals surface area contributed by atoms with Gasteiger partial charge in [0.25, 0.3) is 0 Å². The van der Waals surface area contributed by atoms with Crippen molar-refractivity contribution < 1.29 is 17.9 Å². The minimum absolute atomic E-state index is 0.0720. The van der Waals surface area contributed by atoms with E-state index in [0.717, 1.165) is 6.42 Å². The summed E-state index contributed by atoms with van der Waals surface area (Å²) in [5.74, 6) is -0.597. The fourth-order valence-corrected chi connectivity index (χ4v) is 1.85. The fraction of sp³-hybridized carbons (Fsp3) is 0.312. The zero-order valence-electron chi connectivity index (χ0n) is 12.9. The summed E-state index contributed by atoms with van der Waals surface area (Å²) in [5.41, 5.74) is -0.300. The lowest BCUT2D eigenvalue weighted by atomic mass is 10.2. The van der Waals surface area contributed by atoms with Gasteiger partial charge >= 0.3 is 6.18 Å². The molecule has 0 saturated heterocycles. The molecular formula is C16H15F3N4O. The van der Waals surface area contributed by atoms with E-state index in [2.05, 4.69) is 15.3 Å². The number of rotatable bonds is 6. The molecule has 0 fully saturated rings. The molecule has 126 valence electrons. The number of nitrogens with zero attached hydrogens (tertiary/aromatic N) is 3. The third-order valence-corrected chi connectivity index (χ3v) is 3.09. The Hall–Kier alpha value is -2.82. The lowest BCUT2D eigenvalue weighted by molar-refractivity contribution is -0.139. The van der Waals surface area contributed by atoms with Crippen molar-refractivity contribution in [3.8, 4) is 11.9 Å². The highest BCUT2D eigenvalue weighted by Crippen LogP contribution is 2.35. The van der Waals surface area contributed by atoms with Gasteiger partial charge in [-0.2, -0.15) is 23.4 Å². The molecule has 0 aliphatic rings. The highest BCUT2D eigenvalue weighted by Gasteiger charge is 2.36. The molecule has 0 saturated carbocycles. The van der Waals surface area contributed by atoms with Crippen LogP contribution in [0.1, 0.15) is 30.9 Å². The Bertz CT molecular complexity index is 741. The van der Waals surface area contributed by atoms with Crippen molar-refractivity contribution >= 4 is 11.6 Å². The number of nitriles is 1. The van der Waals surface area contributed by atoms with Gasteiger partial charge in [0.2, 0.25) is 11.8 Å². The number of alkyl halides is 3. The molecule has 0 atom stereocenters. The Labute approximate surface area is 137 Å². The summed E-state index contributed by atoms with van der Waals surface area (Å²) in [5, 5.41) is 11.8. The largest absolute Gasteiger partial charge is 0.477 e. The highest BCUT2D eigenvalue weighted by atomic mass is 19.4. The maximum absolute atomic E-state index is 13.0. The zero-order chi connectivity index (χ0) is 17.6. The summed E-state index contributed by atoms with van der Waals surface area (Å²) in [6.07, 6.45) is -2.54. The normalized spacial score (nSPS) is 11.0. The average Bonchev–Trinajstić information content (AvgIpc) is 2.55. The predicted octanol–water partition coefficient (Wildman–Crippen LogP) is 4.29. The number of ether oxygens (including phenoxy) is 1. The molecule has 2 aromatic rings. The minimum Gasteiger partial charge on any atom is -0.477 e. The molecule has 0 aliphatic heterocycles. The molecule has 5 nitrogen and oxygen atoms in total. The van der Waals surface area contributed by atoms with E-state index < -0.39 is 17.6 Å². The Kier molecular flexibility index (Phi) is 5.58. The Morgan fingerprint density at radius 2 is 2.04 bits per heavy atom. The van der Waals surface area contributed by atoms with Gasteiger partial charge in [-0.1, -0.05) is 25.5 Å². The molecule has 0 amide bonds. The predicted molar refractivity (Wildman–Crippen MR) is 81.9 cm³/mol. The number of para-hydroxylation sites is 1. The lowest BCUT2D eigenvalue weighted by Crippen LogP contribution is -2.13. The molecule has 0 bridgehead atoms. The third-order valence-electron chi connectivity index (χ3n) is 3.09. The van der Waals surface area contributed by atoms with Crippen molar-refractivity contribution in [3.63, 3.8) is 0 Å². The van der Waals surface area contributed by atoms with Crippen molar-refractivity contribution in [2.75, 3.05) is 11.9 Å². The number of unbranched alkanes of at least 4 members (excludes halogenated alkanes) is 1. The maximum Gasteiger partial charge on any atom is 0.423 e. The molecule has 24 heavy (non-hydrogen) atoms. The molecule has 1 N–H and O–H groups in total. The van der Waals surface area contributed by atoms with E-state index in [9.17, 15) is 13.2 Å². The van der Waals surface area contributed by atoms with Crippen LogP contribution < -0.4 is 10.1 Å². The Balaban J connectivity index is 2.31. The Morgan fingerprint density at radius 3 is 2.71 bits per heavy atom. The van der Waals surface area contributed by atoms with Gasteiger partial charge in [0, 0.05) is 6.20 Å². The number of hydrogen-bond donors (Lipinski definition) is 1. The highest BCUT2D eigenvalue weighted by molar-refractivity contribution is 5.63. The van der Waals surface area contributed by atoms with Crippen LogP contribution in [0.2, 0.25) is 0 Å². The van der Waals surface area contributed by atoms with Gasteiger partial charge in [-0.05, 0) is 18.6 Å². The van der Waals surface area contributed by atoms with Crippen molar-refractivity contribution in [3.05, 3.63) is 41.6 Å². The van der Waals surface area contributed by atoms with Gasteiger partial charge in [0.05, 0.1) is 17.9 Å². The number of hydrogen-bond acceptors (Lipinski definition) is 5. The summed E-state index contributed by atoms with van der Waals surface area (Å²) >= 11 is 0. The molecule has 1 aromatic carbocycles. The van der Waals surface area contributed by atoms with Crippen LogP contribution in [0, 0.1) is 11.3 Å². The van der Waals surface area contributed by atoms with Gasteiger partial charge in [-0.15, -0.1) is 0 Å². The van der Waals surface area contributed by atoms with E-state index in [1.807, 2.05) is 13.0 Å². The summed E-state index contributed by atoms with van der Waals surface area (Å²) in [6.45, 7) is 2.03. The van der Waals surface area contributed by atoms with E-state index in [4.69, 9.17) is 10.00 Å². The number of anilines is 2. The van der Waals surface area contributed by atoms with E-state index in [1.54, 1.807) is 24.3 Å². The van der Waals surface area contributed by atoms with Gasteiger partial charge < -0.3 is 10.1 Å². The standard InChI is InChI=1S/C16H15F3N4O/c1-2-3-8-24-14-12(16(17,18)19)10-21-15(23-14)22-13-7-5-4-6-11(13)9-20/h4-7,10H,2-3,8H2,1H3,(H,21,22,23). The van der Waals surface area contributed by atoms with Gasteiger partial charge in [-0.25, -0.2) is 4.98 Å². The van der Waals surface area contributed by atoms with Gasteiger partial charge in [0.1, 0.15) is 11.6 Å². The topological polar surface area (TPSA) is 70.8 Å². The van der Waals surface area contributed by atoms with E-state index >= 15 is 0 Å². The average molecular weight is 336 g/mol. The van der Waals surface area contributed by atoms with Crippen LogP contribution in [0.4, 0.5) is 24.8 Å². The lowest BCUT2D eigenvalue weighted by Gasteiger charge is -2.14. The first-order valence-corrected chi connectivity index (χ1v) is 7.29. The van der Waals surface area contributed by atoms with Crippen LogP contribution in [-0.2, 0) is 6.18 Å². The molecule has 0 unspecified atom stereocenters. The zero-order valence-corrected chi connectivity index (χ0v) is 12.9. The third kappa shape index (κ3) is 4.35. The van der Waals surface area contributed by atoms with Crippen molar-refractivity contribution in [1.29, 1.82) is 5.26 Å². The number of halogens is 3. The molecule has 0 aliphatic carbocycles. The summed E-state index contributed by atoms with van der Waals surface area (Å²) < 4.78 is 44.2. The first-order valence-electron chi connectivity index (χ1n) is 7.29. The van der Waals surface area contributed by atoms with Gasteiger partial charge in [-0.3, -0.25) is 0 Å². The SMILES string of the molecule is CCCCOc1nc(Nc2ccccc2C#N)ncc1C(F)(F)F. The minimum atomic E-state index is -4.61. The molecule has 1 heterocycles. The van der Waals surface area contributed by atoms with Crippen LogP contribution in [0.25, 0.3) is 0 Å². The van der Waals surface area contributed by atoms with Crippen molar-refractivity contribution in [2.45, 2.75) is 25.9 Å².